The van der Waals surface area contributed by atoms with Crippen LogP contribution in [0.4, 0.5) is 5.69 Å². The normalized spacial score (nSPS) is 14.8. The molecule has 4 nitrogen and oxygen atoms in total. The maximum Gasteiger partial charge on any atom is 0.254 e. The van der Waals surface area contributed by atoms with Gasteiger partial charge in [-0.2, -0.15) is 0 Å². The van der Waals surface area contributed by atoms with E-state index in [-0.39, 0.29) is 11.8 Å². The lowest BCUT2D eigenvalue weighted by Crippen LogP contribution is -2.50. The quantitative estimate of drug-likeness (QED) is 0.373. The molecule has 1 aliphatic heterocycles. The first kappa shape index (κ1) is 22.9. The SMILES string of the molecule is O=C(Nc1ccc(Cl)cc1)[C@H]1Cc2ccccc2CN1C(=O)c1cccc(Cc2ccccc2)c1. The average molecular weight is 481 g/mol. The summed E-state index contributed by atoms with van der Waals surface area (Å²) in [5.41, 5.74) is 5.63. The van der Waals surface area contributed by atoms with E-state index in [1.807, 2.05) is 66.7 Å². The molecule has 1 heterocycles. The van der Waals surface area contributed by atoms with Gasteiger partial charge in [-0.25, -0.2) is 0 Å². The first-order valence-corrected chi connectivity index (χ1v) is 12.0. The molecule has 0 bridgehead atoms. The van der Waals surface area contributed by atoms with Gasteiger partial charge >= 0.3 is 0 Å². The zero-order chi connectivity index (χ0) is 24.2. The van der Waals surface area contributed by atoms with Crippen LogP contribution >= 0.6 is 11.6 Å². The average Bonchev–Trinajstić information content (AvgIpc) is 2.89. The molecule has 1 N–H and O–H groups in total. The van der Waals surface area contributed by atoms with Crippen molar-refractivity contribution in [1.29, 1.82) is 0 Å². The van der Waals surface area contributed by atoms with E-state index in [2.05, 4.69) is 17.4 Å². The van der Waals surface area contributed by atoms with Gasteiger partial charge in [-0.05, 0) is 65.1 Å². The largest absolute Gasteiger partial charge is 0.324 e. The van der Waals surface area contributed by atoms with Crippen LogP contribution < -0.4 is 5.32 Å². The van der Waals surface area contributed by atoms with Gasteiger partial charge in [0.1, 0.15) is 6.04 Å². The number of anilines is 1. The molecule has 0 aromatic heterocycles. The van der Waals surface area contributed by atoms with Gasteiger partial charge < -0.3 is 10.2 Å². The predicted octanol–water partition coefficient (Wildman–Crippen LogP) is 6.14. The molecule has 4 aromatic rings. The number of nitrogens with one attached hydrogen (secondary N) is 1. The first-order valence-electron chi connectivity index (χ1n) is 11.6. The van der Waals surface area contributed by atoms with Crippen molar-refractivity contribution in [2.75, 3.05) is 5.32 Å². The zero-order valence-corrected chi connectivity index (χ0v) is 19.9. The minimum Gasteiger partial charge on any atom is -0.324 e. The molecule has 0 unspecified atom stereocenters. The summed E-state index contributed by atoms with van der Waals surface area (Å²) >= 11 is 5.98. The standard InChI is InChI=1S/C30H25ClN2O2/c31-26-13-15-27(16-14-26)32-29(34)28-19-23-10-4-5-11-25(23)20-33(28)30(35)24-12-6-9-22(18-24)17-21-7-2-1-3-8-21/h1-16,18,28H,17,19-20H2,(H,32,34)/t28-/m1/s1. The Hall–Kier alpha value is -3.89. The van der Waals surface area contributed by atoms with Crippen molar-refractivity contribution in [1.82, 2.24) is 4.90 Å². The third kappa shape index (κ3) is 5.28. The molecule has 0 saturated heterocycles. The Balaban J connectivity index is 1.42. The van der Waals surface area contributed by atoms with Gasteiger partial charge in [-0.15, -0.1) is 0 Å². The van der Waals surface area contributed by atoms with Crippen LogP contribution in [0.5, 0.6) is 0 Å². The summed E-state index contributed by atoms with van der Waals surface area (Å²) in [6.45, 7) is 0.386. The lowest BCUT2D eigenvalue weighted by Gasteiger charge is -2.36. The molecule has 35 heavy (non-hydrogen) atoms. The highest BCUT2D eigenvalue weighted by Crippen LogP contribution is 2.27. The number of nitrogens with zero attached hydrogens (tertiary/aromatic N) is 1. The van der Waals surface area contributed by atoms with Crippen molar-refractivity contribution in [2.45, 2.75) is 25.4 Å². The van der Waals surface area contributed by atoms with Crippen LogP contribution in [0.2, 0.25) is 5.02 Å². The molecule has 0 saturated carbocycles. The number of rotatable bonds is 5. The fourth-order valence-corrected chi connectivity index (χ4v) is 4.67. The van der Waals surface area contributed by atoms with Crippen molar-refractivity contribution >= 4 is 29.1 Å². The van der Waals surface area contributed by atoms with Gasteiger partial charge in [0.15, 0.2) is 0 Å². The monoisotopic (exact) mass is 480 g/mol. The minimum atomic E-state index is -0.620. The summed E-state index contributed by atoms with van der Waals surface area (Å²) in [6, 6.07) is 32.2. The summed E-state index contributed by atoms with van der Waals surface area (Å²) < 4.78 is 0. The summed E-state index contributed by atoms with van der Waals surface area (Å²) in [5.74, 6) is -0.360. The molecule has 0 radical (unpaired) electrons. The summed E-state index contributed by atoms with van der Waals surface area (Å²) in [6.07, 6.45) is 1.20. The fourth-order valence-electron chi connectivity index (χ4n) is 4.54. The Labute approximate surface area is 210 Å². The van der Waals surface area contributed by atoms with E-state index in [4.69, 9.17) is 11.6 Å². The van der Waals surface area contributed by atoms with E-state index in [0.717, 1.165) is 23.1 Å². The van der Waals surface area contributed by atoms with Gasteiger partial charge in [0.05, 0.1) is 0 Å². The highest BCUT2D eigenvalue weighted by molar-refractivity contribution is 6.30. The van der Waals surface area contributed by atoms with Crippen molar-refractivity contribution < 1.29 is 9.59 Å². The molecule has 174 valence electrons. The number of hydrogen-bond acceptors (Lipinski definition) is 2. The first-order chi connectivity index (χ1) is 17.1. The van der Waals surface area contributed by atoms with Crippen molar-refractivity contribution in [2.24, 2.45) is 0 Å². The van der Waals surface area contributed by atoms with E-state index in [9.17, 15) is 9.59 Å². The second kappa shape index (κ2) is 10.2. The Bertz CT molecular complexity index is 1350. The number of carbonyl (C=O) groups is 2. The van der Waals surface area contributed by atoms with E-state index in [1.54, 1.807) is 29.2 Å². The summed E-state index contributed by atoms with van der Waals surface area (Å²) in [4.78, 5) is 28.8. The Morgan fingerprint density at radius 3 is 2.26 bits per heavy atom. The molecule has 5 rings (SSSR count). The molecule has 0 aliphatic carbocycles. The number of benzene rings is 4. The molecule has 0 spiro atoms. The van der Waals surface area contributed by atoms with Gasteiger partial charge in [-0.3, -0.25) is 9.59 Å². The van der Waals surface area contributed by atoms with Crippen molar-refractivity contribution in [3.05, 3.63) is 136 Å². The van der Waals surface area contributed by atoms with Crippen molar-refractivity contribution in [3.8, 4) is 0 Å². The maximum atomic E-state index is 13.8. The Morgan fingerprint density at radius 1 is 0.800 bits per heavy atom. The topological polar surface area (TPSA) is 49.4 Å². The van der Waals surface area contributed by atoms with Crippen LogP contribution in [0.25, 0.3) is 0 Å². The molecular formula is C30H25ClN2O2. The number of halogens is 1. The highest BCUT2D eigenvalue weighted by atomic mass is 35.5. The lowest BCUT2D eigenvalue weighted by atomic mass is 9.92. The third-order valence-electron chi connectivity index (χ3n) is 6.35. The number of fused-ring (bicyclic) bond motifs is 1. The van der Waals surface area contributed by atoms with E-state index in [0.29, 0.717) is 29.2 Å². The van der Waals surface area contributed by atoms with Crippen LogP contribution in [0.1, 0.15) is 32.6 Å². The molecule has 1 aliphatic rings. The van der Waals surface area contributed by atoms with Crippen LogP contribution in [0.3, 0.4) is 0 Å². The molecule has 0 fully saturated rings. The molecule has 4 aromatic carbocycles. The molecule has 2 amide bonds. The Kier molecular flexibility index (Phi) is 6.64. The van der Waals surface area contributed by atoms with E-state index >= 15 is 0 Å². The number of hydrogen-bond donors (Lipinski definition) is 1. The van der Waals surface area contributed by atoms with Gasteiger partial charge in [0.2, 0.25) is 5.91 Å². The van der Waals surface area contributed by atoms with Crippen LogP contribution in [-0.2, 0) is 24.2 Å². The zero-order valence-electron chi connectivity index (χ0n) is 19.2. The second-order valence-corrected chi connectivity index (χ2v) is 9.22. The van der Waals surface area contributed by atoms with Crippen LogP contribution in [0.15, 0.2) is 103 Å². The van der Waals surface area contributed by atoms with Gasteiger partial charge in [0, 0.05) is 29.2 Å². The van der Waals surface area contributed by atoms with Gasteiger partial charge in [0.25, 0.3) is 5.91 Å². The van der Waals surface area contributed by atoms with Crippen molar-refractivity contribution in [3.63, 3.8) is 0 Å². The molecular weight excluding hydrogens is 456 g/mol. The smallest absolute Gasteiger partial charge is 0.254 e. The minimum absolute atomic E-state index is 0.148. The van der Waals surface area contributed by atoms with Crippen LogP contribution in [0, 0.1) is 0 Å². The van der Waals surface area contributed by atoms with E-state index in [1.165, 1.54) is 5.56 Å². The lowest BCUT2D eigenvalue weighted by molar-refractivity contribution is -0.121. The molecule has 1 atom stereocenters. The van der Waals surface area contributed by atoms with E-state index < -0.39 is 6.04 Å². The van der Waals surface area contributed by atoms with Crippen LogP contribution in [-0.4, -0.2) is 22.8 Å². The summed E-state index contributed by atoms with van der Waals surface area (Å²) in [5, 5.41) is 3.56. The molecule has 5 heteroatoms. The maximum absolute atomic E-state index is 13.8. The fraction of sp³-hybridized carbons (Fsp3) is 0.133. The Morgan fingerprint density at radius 2 is 1.49 bits per heavy atom. The van der Waals surface area contributed by atoms with Gasteiger partial charge in [-0.1, -0.05) is 78.3 Å². The summed E-state index contributed by atoms with van der Waals surface area (Å²) in [7, 11) is 0. The highest BCUT2D eigenvalue weighted by Gasteiger charge is 2.35. The number of carbonyl (C=O) groups excluding carboxylic acids is 2. The predicted molar refractivity (Wildman–Crippen MR) is 140 cm³/mol. The third-order valence-corrected chi connectivity index (χ3v) is 6.60. The number of amides is 2. The second-order valence-electron chi connectivity index (χ2n) is 8.78.